The molecule has 1 fully saturated rings. The Morgan fingerprint density at radius 1 is 0.833 bits per heavy atom. The predicted octanol–water partition coefficient (Wildman–Crippen LogP) is 5.98. The molecule has 1 saturated heterocycles. The smallest absolute Gasteiger partial charge is 0.295 e. The summed E-state index contributed by atoms with van der Waals surface area (Å²) in [5.41, 5.74) is 5.03. The number of nitrogens with zero attached hydrogens (tertiary/aromatic N) is 3. The molecular weight excluding hydrogens is 556 g/mol. The van der Waals surface area contributed by atoms with E-state index in [0.717, 1.165) is 30.0 Å². The first-order valence-corrected chi connectivity index (χ1v) is 14.9. The monoisotopic (exact) mass is 586 g/mol. The Morgan fingerprint density at radius 3 is 2.07 bits per heavy atom. The summed E-state index contributed by atoms with van der Waals surface area (Å²) in [5, 5.41) is 15.9. The maximum Gasteiger partial charge on any atom is 0.295 e. The van der Waals surface area contributed by atoms with E-state index in [1.807, 2.05) is 60.7 Å². The molecular formula is C31H30N4O6S. The first kappa shape index (κ1) is 28.8. The van der Waals surface area contributed by atoms with Crippen molar-refractivity contribution in [2.45, 2.75) is 31.0 Å². The zero-order chi connectivity index (χ0) is 29.4. The van der Waals surface area contributed by atoms with E-state index in [-0.39, 0.29) is 16.3 Å². The fraction of sp³-hybridized carbons (Fsp3) is 0.194. The van der Waals surface area contributed by atoms with Crippen LogP contribution in [0.25, 0.3) is 0 Å². The molecule has 0 aromatic heterocycles. The van der Waals surface area contributed by atoms with Gasteiger partial charge in [0.2, 0.25) is 10.0 Å². The molecule has 0 saturated carbocycles. The number of anilines is 1. The summed E-state index contributed by atoms with van der Waals surface area (Å²) in [7, 11) is -3.80. The molecule has 1 N–H and O–H groups in total. The third kappa shape index (κ3) is 7.12. The van der Waals surface area contributed by atoms with Gasteiger partial charge in [0, 0.05) is 19.2 Å². The predicted molar refractivity (Wildman–Crippen MR) is 160 cm³/mol. The zero-order valence-electron chi connectivity index (χ0n) is 22.8. The lowest BCUT2D eigenvalue weighted by Gasteiger charge is -2.15. The zero-order valence-corrected chi connectivity index (χ0v) is 23.6. The summed E-state index contributed by atoms with van der Waals surface area (Å²) in [4.78, 5) is 11.0. The average Bonchev–Trinajstić information content (AvgIpc) is 3.57. The van der Waals surface area contributed by atoms with E-state index in [2.05, 4.69) is 10.5 Å². The van der Waals surface area contributed by atoms with Crippen LogP contribution in [0.5, 0.6) is 11.5 Å². The Hall–Kier alpha value is -4.74. The van der Waals surface area contributed by atoms with Gasteiger partial charge in [0.25, 0.3) is 5.69 Å². The second-order valence-electron chi connectivity index (χ2n) is 9.67. The van der Waals surface area contributed by atoms with Gasteiger partial charge in [-0.05, 0) is 59.9 Å². The molecule has 0 atom stereocenters. The van der Waals surface area contributed by atoms with Gasteiger partial charge >= 0.3 is 0 Å². The van der Waals surface area contributed by atoms with Crippen LogP contribution in [0.2, 0.25) is 0 Å². The maximum atomic E-state index is 12.9. The number of hydrazone groups is 1. The molecule has 42 heavy (non-hydrogen) atoms. The first-order valence-electron chi connectivity index (χ1n) is 13.5. The van der Waals surface area contributed by atoms with E-state index >= 15 is 0 Å². The molecule has 10 nitrogen and oxygen atoms in total. The summed E-state index contributed by atoms with van der Waals surface area (Å²) in [5.74, 6) is 1.08. The summed E-state index contributed by atoms with van der Waals surface area (Å²) in [6.07, 6.45) is 3.04. The molecule has 11 heteroatoms. The van der Waals surface area contributed by atoms with Crippen LogP contribution in [0.3, 0.4) is 0 Å². The Bertz CT molecular complexity index is 1660. The van der Waals surface area contributed by atoms with Gasteiger partial charge in [0.05, 0.1) is 16.0 Å². The molecule has 1 heterocycles. The second kappa shape index (κ2) is 13.3. The lowest BCUT2D eigenvalue weighted by atomic mass is 10.2. The topological polar surface area (TPSA) is 123 Å². The summed E-state index contributed by atoms with van der Waals surface area (Å²) in [6.45, 7) is 1.52. The minimum absolute atomic E-state index is 0.0694. The molecule has 4 aromatic rings. The van der Waals surface area contributed by atoms with Gasteiger partial charge < -0.3 is 9.47 Å². The van der Waals surface area contributed by atoms with Crippen molar-refractivity contribution in [3.05, 3.63) is 124 Å². The Labute approximate surface area is 244 Å². The lowest BCUT2D eigenvalue weighted by Crippen LogP contribution is -2.27. The molecule has 0 amide bonds. The van der Waals surface area contributed by atoms with Crippen LogP contribution in [-0.4, -0.2) is 37.0 Å². The Morgan fingerprint density at radius 2 is 1.45 bits per heavy atom. The Kier molecular flexibility index (Phi) is 9.10. The summed E-state index contributed by atoms with van der Waals surface area (Å²) >= 11 is 0. The number of nitrogens with one attached hydrogen (secondary N) is 1. The van der Waals surface area contributed by atoms with Gasteiger partial charge in [-0.1, -0.05) is 60.7 Å². The quantitative estimate of drug-likeness (QED) is 0.123. The first-order chi connectivity index (χ1) is 20.4. The van der Waals surface area contributed by atoms with Crippen molar-refractivity contribution in [1.82, 2.24) is 4.31 Å². The van der Waals surface area contributed by atoms with Crippen molar-refractivity contribution < 1.29 is 22.8 Å². The van der Waals surface area contributed by atoms with Crippen molar-refractivity contribution in [2.24, 2.45) is 5.10 Å². The third-order valence-corrected chi connectivity index (χ3v) is 8.60. The minimum atomic E-state index is -3.80. The highest BCUT2D eigenvalue weighted by Gasteiger charge is 2.29. The lowest BCUT2D eigenvalue weighted by molar-refractivity contribution is -0.384. The number of sulfonamides is 1. The maximum absolute atomic E-state index is 12.9. The number of nitro groups is 1. The molecule has 0 aliphatic carbocycles. The Balaban J connectivity index is 1.33. The van der Waals surface area contributed by atoms with Crippen molar-refractivity contribution in [3.63, 3.8) is 0 Å². The van der Waals surface area contributed by atoms with Gasteiger partial charge in [0.15, 0.2) is 11.5 Å². The van der Waals surface area contributed by atoms with Gasteiger partial charge in [-0.2, -0.15) is 9.41 Å². The van der Waals surface area contributed by atoms with Crippen LogP contribution in [0, 0.1) is 10.1 Å². The fourth-order valence-electron chi connectivity index (χ4n) is 4.48. The van der Waals surface area contributed by atoms with Crippen molar-refractivity contribution in [1.29, 1.82) is 0 Å². The van der Waals surface area contributed by atoms with Gasteiger partial charge in [-0.15, -0.1) is 0 Å². The molecule has 1 aliphatic rings. The highest BCUT2D eigenvalue weighted by molar-refractivity contribution is 7.89. The van der Waals surface area contributed by atoms with E-state index in [0.29, 0.717) is 43.4 Å². The number of rotatable bonds is 12. The molecule has 4 aromatic carbocycles. The van der Waals surface area contributed by atoms with Crippen LogP contribution in [0.1, 0.15) is 29.5 Å². The van der Waals surface area contributed by atoms with Gasteiger partial charge in [0.1, 0.15) is 18.9 Å². The normalized spacial score (nSPS) is 13.7. The van der Waals surface area contributed by atoms with Crippen molar-refractivity contribution in [3.8, 4) is 11.5 Å². The number of hydrogen-bond donors (Lipinski definition) is 1. The molecule has 0 spiro atoms. The number of benzene rings is 4. The number of hydrogen-bond acceptors (Lipinski definition) is 8. The molecule has 5 rings (SSSR count). The van der Waals surface area contributed by atoms with Crippen molar-refractivity contribution in [2.75, 3.05) is 18.5 Å². The molecule has 216 valence electrons. The van der Waals surface area contributed by atoms with E-state index < -0.39 is 14.9 Å². The summed E-state index contributed by atoms with van der Waals surface area (Å²) in [6, 6.07) is 28.7. The van der Waals surface area contributed by atoms with E-state index in [9.17, 15) is 18.5 Å². The molecule has 0 unspecified atom stereocenters. The highest BCUT2D eigenvalue weighted by Crippen LogP contribution is 2.31. The molecule has 0 bridgehead atoms. The van der Waals surface area contributed by atoms with Gasteiger partial charge in [-0.25, -0.2) is 8.42 Å². The van der Waals surface area contributed by atoms with E-state index in [4.69, 9.17) is 9.47 Å². The fourth-order valence-corrected chi connectivity index (χ4v) is 6.02. The van der Waals surface area contributed by atoms with E-state index in [1.54, 1.807) is 18.2 Å². The van der Waals surface area contributed by atoms with Crippen LogP contribution in [0.15, 0.2) is 107 Å². The van der Waals surface area contributed by atoms with Crippen LogP contribution in [-0.2, 0) is 23.2 Å². The largest absolute Gasteiger partial charge is 0.485 e. The van der Waals surface area contributed by atoms with Crippen LogP contribution < -0.4 is 14.9 Å². The number of ether oxygens (including phenoxy) is 2. The van der Waals surface area contributed by atoms with E-state index in [1.165, 1.54) is 22.7 Å². The second-order valence-corrected chi connectivity index (χ2v) is 11.6. The van der Waals surface area contributed by atoms with Gasteiger partial charge in [-0.3, -0.25) is 15.5 Å². The minimum Gasteiger partial charge on any atom is -0.485 e. The van der Waals surface area contributed by atoms with Crippen LogP contribution in [0.4, 0.5) is 11.4 Å². The average molecular weight is 587 g/mol. The SMILES string of the molecule is O=[N+]([O-])c1cc(S(=O)(=O)N2CCCC2)ccc1N/N=C/c1ccc(OCc2ccccc2)c(OCc2ccccc2)c1. The van der Waals surface area contributed by atoms with Crippen LogP contribution >= 0.6 is 0 Å². The standard InChI is InChI=1S/C31H30N4O6S/c36-35(37)29-20-27(42(38,39)34-17-7-8-18-34)14-15-28(29)33-32-21-26-13-16-30(40-22-24-9-3-1-4-10-24)31(19-26)41-23-25-11-5-2-6-12-25/h1-6,9-16,19-21,33H,7-8,17-18,22-23H2/b32-21+. The number of nitro benzene ring substituents is 1. The molecule has 0 radical (unpaired) electrons. The summed E-state index contributed by atoms with van der Waals surface area (Å²) < 4.78 is 39.3. The molecule has 1 aliphatic heterocycles. The highest BCUT2D eigenvalue weighted by atomic mass is 32.2. The third-order valence-electron chi connectivity index (χ3n) is 6.71. The van der Waals surface area contributed by atoms with Crippen molar-refractivity contribution >= 4 is 27.6 Å².